The van der Waals surface area contributed by atoms with Crippen molar-refractivity contribution in [3.05, 3.63) is 29.8 Å². The van der Waals surface area contributed by atoms with E-state index < -0.39 is 0 Å². The van der Waals surface area contributed by atoms with E-state index in [2.05, 4.69) is 44.4 Å². The average molecular weight is 378 g/mol. The smallest absolute Gasteiger partial charge is 0.188 e. The van der Waals surface area contributed by atoms with Crippen LogP contribution in [0.2, 0.25) is 0 Å². The van der Waals surface area contributed by atoms with E-state index in [9.17, 15) is 0 Å². The molecule has 0 spiro atoms. The lowest BCUT2D eigenvalue weighted by Gasteiger charge is -2.28. The van der Waals surface area contributed by atoms with Gasteiger partial charge in [0.15, 0.2) is 5.96 Å². The lowest BCUT2D eigenvalue weighted by molar-refractivity contribution is 0.0376. The van der Waals surface area contributed by atoms with Gasteiger partial charge in [-0.1, -0.05) is 12.1 Å². The van der Waals surface area contributed by atoms with Crippen LogP contribution in [0.4, 0.5) is 5.69 Å². The van der Waals surface area contributed by atoms with Crippen LogP contribution < -0.4 is 16.0 Å². The van der Waals surface area contributed by atoms with Crippen LogP contribution in [0.1, 0.15) is 12.0 Å². The molecule has 2 saturated heterocycles. The van der Waals surface area contributed by atoms with Crippen molar-refractivity contribution in [2.75, 3.05) is 68.9 Å². The van der Waals surface area contributed by atoms with Crippen molar-refractivity contribution in [3.8, 4) is 0 Å². The Bertz CT molecular complexity index is 554. The fourth-order valence-electron chi connectivity index (χ4n) is 3.21. The first-order chi connectivity index (χ1) is 12.8. The Morgan fingerprint density at radius 2 is 1.85 bits per heavy atom. The number of nitrogens with zero attached hydrogens (tertiary/aromatic N) is 3. The summed E-state index contributed by atoms with van der Waals surface area (Å²) in [6.45, 7) is 8.63. The van der Waals surface area contributed by atoms with Gasteiger partial charge in [-0.15, -0.1) is 0 Å². The molecule has 3 N–H and O–H groups in total. The maximum absolute atomic E-state index is 5.98. The van der Waals surface area contributed by atoms with Gasteiger partial charge in [0.25, 0.3) is 0 Å². The number of guanidine groups is 1. The van der Waals surface area contributed by atoms with Crippen molar-refractivity contribution >= 4 is 23.4 Å². The number of morpholine rings is 1. The highest BCUT2D eigenvalue weighted by Gasteiger charge is 2.11. The van der Waals surface area contributed by atoms with E-state index in [0.717, 1.165) is 58.9 Å². The maximum Gasteiger partial charge on any atom is 0.188 e. The summed E-state index contributed by atoms with van der Waals surface area (Å²) >= 11 is 2.04. The first kappa shape index (κ1) is 19.3. The SMILES string of the molecule is NC(=NCc1ccc(N2CCSCC2)cc1)NCCCN1CCOCC1. The number of nitrogens with two attached hydrogens (primary N) is 1. The summed E-state index contributed by atoms with van der Waals surface area (Å²) in [7, 11) is 0. The Labute approximate surface area is 161 Å². The third kappa shape index (κ3) is 6.37. The lowest BCUT2D eigenvalue weighted by atomic mass is 10.2. The number of ether oxygens (including phenoxy) is 1. The van der Waals surface area contributed by atoms with Crippen LogP contribution in [0.25, 0.3) is 0 Å². The van der Waals surface area contributed by atoms with Crippen molar-refractivity contribution in [3.63, 3.8) is 0 Å². The largest absolute Gasteiger partial charge is 0.379 e. The highest BCUT2D eigenvalue weighted by molar-refractivity contribution is 7.99. The zero-order valence-corrected chi connectivity index (χ0v) is 16.3. The number of rotatable bonds is 7. The van der Waals surface area contributed by atoms with Crippen molar-refractivity contribution in [2.45, 2.75) is 13.0 Å². The molecule has 2 heterocycles. The van der Waals surface area contributed by atoms with E-state index in [4.69, 9.17) is 10.5 Å². The topological polar surface area (TPSA) is 66.1 Å². The molecule has 2 fully saturated rings. The number of aliphatic imine (C=N–C) groups is 1. The van der Waals surface area contributed by atoms with Crippen LogP contribution in [0.3, 0.4) is 0 Å². The van der Waals surface area contributed by atoms with Crippen molar-refractivity contribution in [1.82, 2.24) is 10.2 Å². The number of hydrogen-bond donors (Lipinski definition) is 2. The van der Waals surface area contributed by atoms with E-state index in [0.29, 0.717) is 12.5 Å². The normalized spacial score (nSPS) is 19.5. The predicted molar refractivity (Wildman–Crippen MR) is 111 cm³/mol. The minimum Gasteiger partial charge on any atom is -0.379 e. The van der Waals surface area contributed by atoms with Crippen LogP contribution >= 0.6 is 11.8 Å². The number of thioether (sulfide) groups is 1. The molecule has 2 aliphatic rings. The predicted octanol–water partition coefficient (Wildman–Crippen LogP) is 1.37. The average Bonchev–Trinajstić information content (AvgIpc) is 2.71. The molecule has 0 aromatic heterocycles. The molecule has 26 heavy (non-hydrogen) atoms. The molecule has 0 bridgehead atoms. The van der Waals surface area contributed by atoms with Gasteiger partial charge in [0, 0.05) is 49.9 Å². The summed E-state index contributed by atoms with van der Waals surface area (Å²) in [4.78, 5) is 9.34. The van der Waals surface area contributed by atoms with Crippen LogP contribution in [0, 0.1) is 0 Å². The first-order valence-electron chi connectivity index (χ1n) is 9.57. The molecule has 0 amide bonds. The first-order valence-corrected chi connectivity index (χ1v) is 10.7. The molecule has 0 aliphatic carbocycles. The fourth-order valence-corrected chi connectivity index (χ4v) is 4.11. The zero-order valence-electron chi connectivity index (χ0n) is 15.5. The van der Waals surface area contributed by atoms with Gasteiger partial charge >= 0.3 is 0 Å². The van der Waals surface area contributed by atoms with E-state index in [-0.39, 0.29) is 0 Å². The molecule has 2 aliphatic heterocycles. The molecule has 0 unspecified atom stereocenters. The summed E-state index contributed by atoms with van der Waals surface area (Å²) in [5.41, 5.74) is 8.49. The molecular weight excluding hydrogens is 346 g/mol. The molecule has 0 saturated carbocycles. The van der Waals surface area contributed by atoms with Gasteiger partial charge in [-0.2, -0.15) is 11.8 Å². The van der Waals surface area contributed by atoms with Crippen molar-refractivity contribution in [1.29, 1.82) is 0 Å². The fraction of sp³-hybridized carbons (Fsp3) is 0.632. The van der Waals surface area contributed by atoms with Gasteiger partial charge in [0.05, 0.1) is 19.8 Å². The summed E-state index contributed by atoms with van der Waals surface area (Å²) < 4.78 is 5.36. The highest BCUT2D eigenvalue weighted by Crippen LogP contribution is 2.20. The second kappa shape index (κ2) is 10.6. The maximum atomic E-state index is 5.98. The van der Waals surface area contributed by atoms with Gasteiger partial charge in [-0.3, -0.25) is 4.90 Å². The van der Waals surface area contributed by atoms with E-state index in [1.54, 1.807) is 0 Å². The van der Waals surface area contributed by atoms with Crippen LogP contribution in [-0.2, 0) is 11.3 Å². The quantitative estimate of drug-likeness (QED) is 0.425. The third-order valence-corrected chi connectivity index (χ3v) is 5.75. The minimum atomic E-state index is 0.532. The van der Waals surface area contributed by atoms with E-state index in [1.807, 2.05) is 11.8 Å². The summed E-state index contributed by atoms with van der Waals surface area (Å²) in [6.07, 6.45) is 1.07. The standard InChI is InChI=1S/C19H31N5OS/c20-19(21-6-1-7-23-8-12-25-13-9-23)22-16-17-2-4-18(5-3-17)24-10-14-26-15-11-24/h2-5H,1,6-16H2,(H3,20,21,22). The number of hydrogen-bond acceptors (Lipinski definition) is 5. The van der Waals surface area contributed by atoms with Gasteiger partial charge in [0.1, 0.15) is 0 Å². The minimum absolute atomic E-state index is 0.532. The monoisotopic (exact) mass is 377 g/mol. The van der Waals surface area contributed by atoms with E-state index in [1.165, 1.54) is 22.8 Å². The molecule has 6 nitrogen and oxygen atoms in total. The Morgan fingerprint density at radius 3 is 2.58 bits per heavy atom. The van der Waals surface area contributed by atoms with Gasteiger partial charge in [-0.25, -0.2) is 4.99 Å². The van der Waals surface area contributed by atoms with E-state index >= 15 is 0 Å². The van der Waals surface area contributed by atoms with Crippen molar-refractivity contribution < 1.29 is 4.74 Å². The summed E-state index contributed by atoms with van der Waals surface area (Å²) in [5, 5.41) is 3.21. The number of anilines is 1. The van der Waals surface area contributed by atoms with Gasteiger partial charge in [-0.05, 0) is 30.7 Å². The Morgan fingerprint density at radius 1 is 1.12 bits per heavy atom. The summed E-state index contributed by atoms with van der Waals surface area (Å²) in [6, 6.07) is 8.72. The highest BCUT2D eigenvalue weighted by atomic mass is 32.2. The van der Waals surface area contributed by atoms with Crippen LogP contribution in [0.15, 0.2) is 29.3 Å². The number of benzene rings is 1. The van der Waals surface area contributed by atoms with Gasteiger partial charge in [0.2, 0.25) is 0 Å². The molecular formula is C19H31N5OS. The molecule has 7 heteroatoms. The second-order valence-electron chi connectivity index (χ2n) is 6.70. The molecule has 3 rings (SSSR count). The Hall–Kier alpha value is -1.44. The van der Waals surface area contributed by atoms with Crippen LogP contribution in [-0.4, -0.2) is 74.8 Å². The number of nitrogens with one attached hydrogen (secondary N) is 1. The Balaban J connectivity index is 1.35. The molecule has 1 aromatic rings. The van der Waals surface area contributed by atoms with Gasteiger partial charge < -0.3 is 20.7 Å². The summed E-state index contributed by atoms with van der Waals surface area (Å²) in [5.74, 6) is 2.98. The second-order valence-corrected chi connectivity index (χ2v) is 7.93. The molecule has 0 radical (unpaired) electrons. The zero-order chi connectivity index (χ0) is 18.0. The third-order valence-electron chi connectivity index (χ3n) is 4.81. The molecule has 1 aromatic carbocycles. The van der Waals surface area contributed by atoms with Crippen LogP contribution in [0.5, 0.6) is 0 Å². The Kier molecular flexibility index (Phi) is 7.91. The lowest BCUT2D eigenvalue weighted by Crippen LogP contribution is -2.39. The molecule has 0 atom stereocenters. The van der Waals surface area contributed by atoms with Crippen molar-refractivity contribution in [2.24, 2.45) is 10.7 Å². The molecule has 144 valence electrons.